The van der Waals surface area contributed by atoms with Gasteiger partial charge >= 0.3 is 0 Å². The molecule has 9 heteroatoms. The van der Waals surface area contributed by atoms with Gasteiger partial charge in [-0.1, -0.05) is 28.9 Å². The summed E-state index contributed by atoms with van der Waals surface area (Å²) in [6.07, 6.45) is 2.04. The SMILES string of the molecule is COCCN1CC(CNC(=O)c2cn(Cc3ccc(Cl)cc3)nn2)CC1=O. The molecular formula is C18H22ClN5O3. The van der Waals surface area contributed by atoms with Crippen LogP contribution in [0.15, 0.2) is 30.5 Å². The minimum Gasteiger partial charge on any atom is -0.383 e. The van der Waals surface area contributed by atoms with Crippen LogP contribution in [0.25, 0.3) is 0 Å². The molecular weight excluding hydrogens is 370 g/mol. The average Bonchev–Trinajstić information content (AvgIpc) is 3.26. The first-order valence-corrected chi connectivity index (χ1v) is 9.12. The van der Waals surface area contributed by atoms with E-state index >= 15 is 0 Å². The van der Waals surface area contributed by atoms with E-state index in [4.69, 9.17) is 16.3 Å². The van der Waals surface area contributed by atoms with E-state index in [0.717, 1.165) is 5.56 Å². The van der Waals surface area contributed by atoms with E-state index in [-0.39, 0.29) is 23.4 Å². The van der Waals surface area contributed by atoms with Crippen molar-refractivity contribution in [2.24, 2.45) is 5.92 Å². The van der Waals surface area contributed by atoms with Gasteiger partial charge in [-0.05, 0) is 17.7 Å². The van der Waals surface area contributed by atoms with Crippen molar-refractivity contribution < 1.29 is 14.3 Å². The maximum atomic E-state index is 12.3. The molecule has 0 saturated carbocycles. The summed E-state index contributed by atoms with van der Waals surface area (Å²) < 4.78 is 6.61. The molecule has 1 saturated heterocycles. The Morgan fingerprint density at radius 2 is 2.15 bits per heavy atom. The summed E-state index contributed by atoms with van der Waals surface area (Å²) in [6.45, 7) is 2.66. The molecule has 0 radical (unpaired) electrons. The molecule has 1 aromatic carbocycles. The number of rotatable bonds is 8. The predicted octanol–water partition coefficient (Wildman–Crippen LogP) is 1.20. The summed E-state index contributed by atoms with van der Waals surface area (Å²) in [5, 5.41) is 11.4. The van der Waals surface area contributed by atoms with Crippen LogP contribution in [-0.4, -0.2) is 65.1 Å². The molecule has 1 atom stereocenters. The fraction of sp³-hybridized carbons (Fsp3) is 0.444. The second-order valence-electron chi connectivity index (χ2n) is 6.54. The van der Waals surface area contributed by atoms with Gasteiger partial charge in [0.1, 0.15) is 0 Å². The number of nitrogens with zero attached hydrogens (tertiary/aromatic N) is 4. The van der Waals surface area contributed by atoms with E-state index in [2.05, 4.69) is 15.6 Å². The highest BCUT2D eigenvalue weighted by Crippen LogP contribution is 2.16. The van der Waals surface area contributed by atoms with Crippen molar-refractivity contribution in [3.05, 3.63) is 46.7 Å². The van der Waals surface area contributed by atoms with E-state index in [1.165, 1.54) is 0 Å². The Labute approximate surface area is 162 Å². The number of halogens is 1. The number of amides is 2. The van der Waals surface area contributed by atoms with Crippen LogP contribution >= 0.6 is 11.6 Å². The van der Waals surface area contributed by atoms with Gasteiger partial charge in [0.15, 0.2) is 5.69 Å². The molecule has 1 aromatic heterocycles. The Hall–Kier alpha value is -2.45. The van der Waals surface area contributed by atoms with Crippen LogP contribution in [0.3, 0.4) is 0 Å². The number of aromatic nitrogens is 3. The van der Waals surface area contributed by atoms with Gasteiger partial charge in [-0.15, -0.1) is 5.10 Å². The maximum Gasteiger partial charge on any atom is 0.273 e. The van der Waals surface area contributed by atoms with Crippen molar-refractivity contribution in [1.29, 1.82) is 0 Å². The van der Waals surface area contributed by atoms with Gasteiger partial charge in [0.05, 0.1) is 19.3 Å². The third kappa shape index (κ3) is 5.27. The van der Waals surface area contributed by atoms with Crippen molar-refractivity contribution in [2.45, 2.75) is 13.0 Å². The lowest BCUT2D eigenvalue weighted by Gasteiger charge is -2.15. The molecule has 1 aliphatic heterocycles. The molecule has 1 unspecified atom stereocenters. The molecule has 1 fully saturated rings. The average molecular weight is 392 g/mol. The molecule has 144 valence electrons. The van der Waals surface area contributed by atoms with Gasteiger partial charge < -0.3 is 15.0 Å². The first-order chi connectivity index (χ1) is 13.0. The van der Waals surface area contributed by atoms with Gasteiger partial charge in [-0.2, -0.15) is 0 Å². The molecule has 2 amide bonds. The highest BCUT2D eigenvalue weighted by atomic mass is 35.5. The van der Waals surface area contributed by atoms with Crippen molar-refractivity contribution in [2.75, 3.05) is 33.4 Å². The molecule has 2 aromatic rings. The van der Waals surface area contributed by atoms with Crippen LogP contribution < -0.4 is 5.32 Å². The van der Waals surface area contributed by atoms with Gasteiger partial charge in [0, 0.05) is 44.1 Å². The van der Waals surface area contributed by atoms with Crippen molar-refractivity contribution in [3.8, 4) is 0 Å². The summed E-state index contributed by atoms with van der Waals surface area (Å²) in [5.74, 6) is -0.0947. The smallest absolute Gasteiger partial charge is 0.273 e. The number of likely N-dealkylation sites (tertiary alicyclic amines) is 1. The summed E-state index contributed by atoms with van der Waals surface area (Å²) in [7, 11) is 1.61. The van der Waals surface area contributed by atoms with Crippen LogP contribution in [0.5, 0.6) is 0 Å². The van der Waals surface area contributed by atoms with Gasteiger partial charge in [-0.25, -0.2) is 4.68 Å². The number of methoxy groups -OCH3 is 1. The fourth-order valence-electron chi connectivity index (χ4n) is 2.99. The number of hydrogen-bond donors (Lipinski definition) is 1. The zero-order valence-corrected chi connectivity index (χ0v) is 15.9. The Kier molecular flexibility index (Phi) is 6.41. The van der Waals surface area contributed by atoms with Crippen LogP contribution in [-0.2, 0) is 16.1 Å². The molecule has 0 bridgehead atoms. The van der Waals surface area contributed by atoms with Crippen molar-refractivity contribution in [3.63, 3.8) is 0 Å². The first kappa shape index (κ1) is 19.3. The highest BCUT2D eigenvalue weighted by Gasteiger charge is 2.29. The molecule has 1 N–H and O–H groups in total. The monoisotopic (exact) mass is 391 g/mol. The first-order valence-electron chi connectivity index (χ1n) is 8.74. The molecule has 27 heavy (non-hydrogen) atoms. The van der Waals surface area contributed by atoms with Gasteiger partial charge in [0.2, 0.25) is 5.91 Å². The topological polar surface area (TPSA) is 89.3 Å². The third-order valence-electron chi connectivity index (χ3n) is 4.44. The van der Waals surface area contributed by atoms with Crippen molar-refractivity contribution in [1.82, 2.24) is 25.2 Å². The minimum atomic E-state index is -0.292. The number of nitrogens with one attached hydrogen (secondary N) is 1. The van der Waals surface area contributed by atoms with Gasteiger partial charge in [-0.3, -0.25) is 9.59 Å². The maximum absolute atomic E-state index is 12.3. The van der Waals surface area contributed by atoms with Crippen LogP contribution in [0.2, 0.25) is 5.02 Å². The molecule has 0 spiro atoms. The Morgan fingerprint density at radius 3 is 2.89 bits per heavy atom. The molecule has 1 aliphatic rings. The summed E-state index contributed by atoms with van der Waals surface area (Å²) >= 11 is 5.87. The van der Waals surface area contributed by atoms with Crippen LogP contribution in [0.1, 0.15) is 22.5 Å². The lowest BCUT2D eigenvalue weighted by molar-refractivity contribution is -0.128. The number of benzene rings is 1. The van der Waals surface area contributed by atoms with E-state index < -0.39 is 0 Å². The van der Waals surface area contributed by atoms with Crippen molar-refractivity contribution >= 4 is 23.4 Å². The highest BCUT2D eigenvalue weighted by molar-refractivity contribution is 6.30. The number of hydrogen-bond acceptors (Lipinski definition) is 5. The zero-order valence-electron chi connectivity index (χ0n) is 15.1. The Morgan fingerprint density at radius 1 is 1.37 bits per heavy atom. The Bertz CT molecular complexity index is 793. The lowest BCUT2D eigenvalue weighted by Crippen LogP contribution is -2.32. The fourth-order valence-corrected chi connectivity index (χ4v) is 3.12. The van der Waals surface area contributed by atoms with E-state index in [1.807, 2.05) is 12.1 Å². The third-order valence-corrected chi connectivity index (χ3v) is 4.69. The predicted molar refractivity (Wildman–Crippen MR) is 99.5 cm³/mol. The lowest BCUT2D eigenvalue weighted by atomic mass is 10.1. The second-order valence-corrected chi connectivity index (χ2v) is 6.98. The quantitative estimate of drug-likeness (QED) is 0.730. The summed E-state index contributed by atoms with van der Waals surface area (Å²) in [6, 6.07) is 7.41. The summed E-state index contributed by atoms with van der Waals surface area (Å²) in [4.78, 5) is 26.0. The number of carbonyl (C=O) groups excluding carboxylic acids is 2. The van der Waals surface area contributed by atoms with E-state index in [0.29, 0.717) is 44.2 Å². The van der Waals surface area contributed by atoms with E-state index in [1.54, 1.807) is 35.0 Å². The molecule has 2 heterocycles. The number of ether oxygens (including phenoxy) is 1. The standard InChI is InChI=1S/C18H22ClN5O3/c1-27-7-6-23-10-14(8-17(23)25)9-20-18(26)16-12-24(22-21-16)11-13-2-4-15(19)5-3-13/h2-5,12,14H,6-11H2,1H3,(H,20,26). The van der Waals surface area contributed by atoms with Crippen LogP contribution in [0.4, 0.5) is 0 Å². The largest absolute Gasteiger partial charge is 0.383 e. The summed E-state index contributed by atoms with van der Waals surface area (Å²) in [5.41, 5.74) is 1.27. The molecule has 3 rings (SSSR count). The molecule has 0 aliphatic carbocycles. The van der Waals surface area contributed by atoms with Crippen LogP contribution in [0, 0.1) is 5.92 Å². The number of carbonyl (C=O) groups is 2. The minimum absolute atomic E-state index is 0.0974. The Balaban J connectivity index is 1.48. The zero-order chi connectivity index (χ0) is 19.2. The molecule has 8 nitrogen and oxygen atoms in total. The van der Waals surface area contributed by atoms with Gasteiger partial charge in [0.25, 0.3) is 5.91 Å². The normalized spacial score (nSPS) is 16.7. The van der Waals surface area contributed by atoms with E-state index in [9.17, 15) is 9.59 Å². The second kappa shape index (κ2) is 8.96.